The quantitative estimate of drug-likeness (QED) is 0.579. The van der Waals surface area contributed by atoms with Gasteiger partial charge in [0.1, 0.15) is 0 Å². The molecule has 0 bridgehead atoms. The fourth-order valence-electron chi connectivity index (χ4n) is 1.51. The molecule has 0 spiro atoms. The lowest BCUT2D eigenvalue weighted by Gasteiger charge is -2.05. The Balaban J connectivity index is 2.65. The first-order valence-electron chi connectivity index (χ1n) is 4.26. The Kier molecular flexibility index (Phi) is 2.28. The third-order valence-electron chi connectivity index (χ3n) is 2.14. The summed E-state index contributed by atoms with van der Waals surface area (Å²) in [4.78, 5) is 13.4. The molecule has 0 amide bonds. The van der Waals surface area contributed by atoms with E-state index >= 15 is 0 Å². The topological polar surface area (TPSA) is 62.3 Å². The first-order valence-corrected chi connectivity index (χ1v) is 4.64. The van der Waals surface area contributed by atoms with Crippen LogP contribution in [0.2, 0.25) is 5.02 Å². The molecule has 2 rings (SSSR count). The molecule has 78 valence electrons. The molecule has 0 saturated heterocycles. The van der Waals surface area contributed by atoms with Crippen molar-refractivity contribution in [2.75, 3.05) is 0 Å². The van der Waals surface area contributed by atoms with Crippen LogP contribution in [0.5, 0.6) is 5.75 Å². The van der Waals surface area contributed by atoms with Crippen LogP contribution in [0.4, 0.5) is 4.79 Å². The molecule has 1 aromatic carbocycles. The summed E-state index contributed by atoms with van der Waals surface area (Å²) in [5, 5.41) is 9.58. The van der Waals surface area contributed by atoms with Crippen LogP contribution in [-0.4, -0.2) is 16.2 Å². The van der Waals surface area contributed by atoms with E-state index in [2.05, 4.69) is 9.72 Å². The van der Waals surface area contributed by atoms with E-state index in [-0.39, 0.29) is 5.75 Å². The summed E-state index contributed by atoms with van der Waals surface area (Å²) in [6.07, 6.45) is 0.375. The van der Waals surface area contributed by atoms with E-state index in [9.17, 15) is 4.79 Å². The number of benzene rings is 1. The highest BCUT2D eigenvalue weighted by atomic mass is 35.5. The van der Waals surface area contributed by atoms with Crippen LogP contribution < -0.4 is 4.74 Å². The molecule has 0 aliphatic carbocycles. The van der Waals surface area contributed by atoms with Gasteiger partial charge in [-0.3, -0.25) is 0 Å². The number of nitrogens with one attached hydrogen (secondary N) is 1. The monoisotopic (exact) mass is 225 g/mol. The van der Waals surface area contributed by atoms with E-state index in [1.165, 1.54) is 0 Å². The summed E-state index contributed by atoms with van der Waals surface area (Å²) in [6.45, 7) is 1.85. The first-order chi connectivity index (χ1) is 7.09. The molecule has 4 nitrogen and oxygen atoms in total. The highest BCUT2D eigenvalue weighted by Crippen LogP contribution is 2.34. The van der Waals surface area contributed by atoms with Crippen molar-refractivity contribution in [3.63, 3.8) is 0 Å². The molecule has 2 aromatic rings. The van der Waals surface area contributed by atoms with E-state index in [1.807, 2.05) is 6.92 Å². The van der Waals surface area contributed by atoms with E-state index in [1.54, 1.807) is 18.3 Å². The molecular formula is C10H8ClNO3. The Morgan fingerprint density at radius 2 is 2.33 bits per heavy atom. The fraction of sp³-hybridized carbons (Fsp3) is 0.100. The average Bonchev–Trinajstić information content (AvgIpc) is 2.61. The number of ether oxygens (including phenoxy) is 1. The van der Waals surface area contributed by atoms with Gasteiger partial charge in [-0.25, -0.2) is 4.79 Å². The van der Waals surface area contributed by atoms with Crippen LogP contribution in [-0.2, 0) is 0 Å². The highest BCUT2D eigenvalue weighted by molar-refractivity contribution is 6.37. The third-order valence-corrected chi connectivity index (χ3v) is 2.53. The molecule has 1 aromatic heterocycles. The van der Waals surface area contributed by atoms with Crippen LogP contribution in [0.15, 0.2) is 18.3 Å². The fourth-order valence-corrected chi connectivity index (χ4v) is 1.76. The number of rotatable bonds is 1. The Morgan fingerprint density at radius 3 is 3.00 bits per heavy atom. The summed E-state index contributed by atoms with van der Waals surface area (Å²) >= 11 is 5.99. The van der Waals surface area contributed by atoms with Crippen molar-refractivity contribution >= 4 is 28.7 Å². The van der Waals surface area contributed by atoms with Gasteiger partial charge in [-0.05, 0) is 24.6 Å². The summed E-state index contributed by atoms with van der Waals surface area (Å²) in [5.74, 6) is 0.161. The normalized spacial score (nSPS) is 10.5. The molecule has 0 aliphatic rings. The van der Waals surface area contributed by atoms with Crippen LogP contribution in [0.25, 0.3) is 10.9 Å². The molecule has 0 atom stereocenters. The minimum absolute atomic E-state index is 0.161. The minimum atomic E-state index is -1.37. The Bertz CT molecular complexity index is 533. The van der Waals surface area contributed by atoms with Crippen molar-refractivity contribution in [2.45, 2.75) is 6.92 Å². The van der Waals surface area contributed by atoms with Crippen molar-refractivity contribution in [1.82, 2.24) is 4.98 Å². The number of aromatic nitrogens is 1. The molecule has 0 aliphatic heterocycles. The van der Waals surface area contributed by atoms with Crippen molar-refractivity contribution in [1.29, 1.82) is 0 Å². The Labute approximate surface area is 90.4 Å². The van der Waals surface area contributed by atoms with Gasteiger partial charge in [-0.15, -0.1) is 0 Å². The van der Waals surface area contributed by atoms with Gasteiger partial charge < -0.3 is 14.8 Å². The number of H-pyrrole nitrogens is 1. The van der Waals surface area contributed by atoms with E-state index in [0.717, 1.165) is 16.5 Å². The number of aromatic amines is 1. The van der Waals surface area contributed by atoms with Gasteiger partial charge in [0.15, 0.2) is 5.75 Å². The number of carboxylic acid groups (broad SMARTS) is 1. The second-order valence-electron chi connectivity index (χ2n) is 3.14. The summed E-state index contributed by atoms with van der Waals surface area (Å²) in [7, 11) is 0. The molecule has 1 heterocycles. The Hall–Kier alpha value is -1.68. The minimum Gasteiger partial charge on any atom is -0.449 e. The van der Waals surface area contributed by atoms with Gasteiger partial charge >= 0.3 is 6.16 Å². The van der Waals surface area contributed by atoms with Crippen LogP contribution in [0, 0.1) is 6.92 Å². The first kappa shape index (κ1) is 9.86. The van der Waals surface area contributed by atoms with E-state index in [0.29, 0.717) is 5.02 Å². The number of hydrogen-bond acceptors (Lipinski definition) is 2. The second kappa shape index (κ2) is 3.47. The Morgan fingerprint density at radius 1 is 1.60 bits per heavy atom. The van der Waals surface area contributed by atoms with Crippen molar-refractivity contribution in [3.05, 3.63) is 28.9 Å². The second-order valence-corrected chi connectivity index (χ2v) is 3.52. The standard InChI is InChI=1S/C10H8ClNO3/c1-5-4-7(15-10(13)14)8(11)6-2-3-12-9(5)6/h2-4,12H,1H3,(H,13,14). The maximum Gasteiger partial charge on any atom is 0.511 e. The number of aryl methyl sites for hydroxylation is 1. The van der Waals surface area contributed by atoms with Gasteiger partial charge in [-0.1, -0.05) is 11.6 Å². The van der Waals surface area contributed by atoms with Gasteiger partial charge in [0.25, 0.3) is 0 Å². The van der Waals surface area contributed by atoms with Crippen molar-refractivity contribution in [3.8, 4) is 5.75 Å². The zero-order valence-corrected chi connectivity index (χ0v) is 8.63. The molecule has 15 heavy (non-hydrogen) atoms. The van der Waals surface area contributed by atoms with Crippen molar-refractivity contribution < 1.29 is 14.6 Å². The molecule has 2 N–H and O–H groups in total. The average molecular weight is 226 g/mol. The predicted octanol–water partition coefficient (Wildman–Crippen LogP) is 3.19. The number of hydrogen-bond donors (Lipinski definition) is 2. The van der Waals surface area contributed by atoms with Crippen LogP contribution in [0.1, 0.15) is 5.56 Å². The van der Waals surface area contributed by atoms with Crippen LogP contribution >= 0.6 is 11.6 Å². The molecule has 0 fully saturated rings. The zero-order chi connectivity index (χ0) is 11.0. The maximum absolute atomic E-state index is 10.4. The number of fused-ring (bicyclic) bond motifs is 1. The van der Waals surface area contributed by atoms with Gasteiger partial charge in [-0.2, -0.15) is 0 Å². The number of halogens is 1. The smallest absolute Gasteiger partial charge is 0.449 e. The van der Waals surface area contributed by atoms with Gasteiger partial charge in [0.05, 0.1) is 10.5 Å². The lowest BCUT2D eigenvalue weighted by Crippen LogP contribution is -2.03. The summed E-state index contributed by atoms with van der Waals surface area (Å²) in [5.41, 5.74) is 1.77. The number of carbonyl (C=O) groups is 1. The van der Waals surface area contributed by atoms with E-state index in [4.69, 9.17) is 16.7 Å². The lowest BCUT2D eigenvalue weighted by atomic mass is 10.1. The molecule has 0 unspecified atom stereocenters. The lowest BCUT2D eigenvalue weighted by molar-refractivity contribution is 0.144. The summed E-state index contributed by atoms with van der Waals surface area (Å²) in [6, 6.07) is 3.37. The zero-order valence-electron chi connectivity index (χ0n) is 7.87. The molecular weight excluding hydrogens is 218 g/mol. The SMILES string of the molecule is Cc1cc(OC(=O)O)c(Cl)c2cc[nH]c12. The third kappa shape index (κ3) is 1.64. The molecule has 0 saturated carbocycles. The highest BCUT2D eigenvalue weighted by Gasteiger charge is 2.12. The predicted molar refractivity (Wildman–Crippen MR) is 56.7 cm³/mol. The van der Waals surface area contributed by atoms with Gasteiger partial charge in [0.2, 0.25) is 0 Å². The largest absolute Gasteiger partial charge is 0.511 e. The van der Waals surface area contributed by atoms with E-state index < -0.39 is 6.16 Å². The van der Waals surface area contributed by atoms with Crippen molar-refractivity contribution in [2.24, 2.45) is 0 Å². The maximum atomic E-state index is 10.4. The van der Waals surface area contributed by atoms with Gasteiger partial charge in [0, 0.05) is 11.6 Å². The summed E-state index contributed by atoms with van der Waals surface area (Å²) < 4.78 is 4.57. The van der Waals surface area contributed by atoms with Crippen LogP contribution in [0.3, 0.4) is 0 Å². The molecule has 5 heteroatoms. The molecule has 0 radical (unpaired) electrons.